The van der Waals surface area contributed by atoms with E-state index < -0.39 is 22.2 Å². The zero-order valence-electron chi connectivity index (χ0n) is 18.6. The van der Waals surface area contributed by atoms with Crippen LogP contribution in [0.5, 0.6) is 0 Å². The molecule has 8 nitrogen and oxygen atoms in total. The minimum atomic E-state index is -5.08. The van der Waals surface area contributed by atoms with Crippen LogP contribution in [0.1, 0.15) is 29.7 Å². The number of halogens is 4. The van der Waals surface area contributed by atoms with Crippen LogP contribution in [0.25, 0.3) is 11.0 Å². The van der Waals surface area contributed by atoms with Gasteiger partial charge >= 0.3 is 12.1 Å². The molecule has 0 saturated heterocycles. The number of pyridine rings is 1. The van der Waals surface area contributed by atoms with Gasteiger partial charge in [-0.05, 0) is 36.1 Å². The van der Waals surface area contributed by atoms with Gasteiger partial charge in [-0.2, -0.15) is 13.2 Å². The Bertz CT molecular complexity index is 1390. The summed E-state index contributed by atoms with van der Waals surface area (Å²) < 4.78 is 56.7. The van der Waals surface area contributed by atoms with E-state index in [0.29, 0.717) is 22.5 Å². The highest BCUT2D eigenvalue weighted by molar-refractivity contribution is 7.89. The van der Waals surface area contributed by atoms with Gasteiger partial charge < -0.3 is 10.0 Å². The van der Waals surface area contributed by atoms with Crippen LogP contribution in [0.3, 0.4) is 0 Å². The number of amides is 1. The summed E-state index contributed by atoms with van der Waals surface area (Å²) in [5.41, 5.74) is 3.32. The Labute approximate surface area is 204 Å². The van der Waals surface area contributed by atoms with Gasteiger partial charge in [0.1, 0.15) is 0 Å². The number of carbonyl (C=O) groups excluding carboxylic acids is 1. The Kier molecular flexibility index (Phi) is 7.46. The van der Waals surface area contributed by atoms with E-state index in [0.717, 1.165) is 22.2 Å². The first-order chi connectivity index (χ1) is 16.2. The average Bonchev–Trinajstić information content (AvgIpc) is 3.21. The third-order valence-electron chi connectivity index (χ3n) is 5.58. The summed E-state index contributed by atoms with van der Waals surface area (Å²) in [6.45, 7) is 2.67. The molecule has 188 valence electrons. The third kappa shape index (κ3) is 5.76. The zero-order chi connectivity index (χ0) is 26.1. The average molecular weight is 532 g/mol. The number of aliphatic carboxylic acids is 1. The summed E-state index contributed by atoms with van der Waals surface area (Å²) >= 11 is 6.34. The first kappa shape index (κ1) is 26.5. The van der Waals surface area contributed by atoms with Crippen LogP contribution in [-0.2, 0) is 32.5 Å². The van der Waals surface area contributed by atoms with Crippen molar-refractivity contribution in [1.29, 1.82) is 0 Å². The maximum Gasteiger partial charge on any atom is 0.490 e. The summed E-state index contributed by atoms with van der Waals surface area (Å²) in [4.78, 5) is 28.0. The third-order valence-corrected chi connectivity index (χ3v) is 6.92. The second-order valence-corrected chi connectivity index (χ2v) is 10.2. The highest BCUT2D eigenvalue weighted by Gasteiger charge is 2.38. The van der Waals surface area contributed by atoms with E-state index in [9.17, 15) is 26.4 Å². The first-order valence-electron chi connectivity index (χ1n) is 10.2. The smallest absolute Gasteiger partial charge is 0.475 e. The van der Waals surface area contributed by atoms with E-state index in [2.05, 4.69) is 17.1 Å². The molecule has 1 atom stereocenters. The number of benzene rings is 1. The van der Waals surface area contributed by atoms with E-state index in [1.807, 2.05) is 24.0 Å². The quantitative estimate of drug-likeness (QED) is 0.550. The fourth-order valence-corrected chi connectivity index (χ4v) is 4.86. The molecule has 0 spiro atoms. The van der Waals surface area contributed by atoms with Gasteiger partial charge in [0.05, 0.1) is 23.7 Å². The molecule has 0 radical (unpaired) electrons. The van der Waals surface area contributed by atoms with Crippen molar-refractivity contribution >= 4 is 44.5 Å². The minimum absolute atomic E-state index is 0.0193. The Morgan fingerprint density at radius 1 is 1.23 bits per heavy atom. The second-order valence-electron chi connectivity index (χ2n) is 7.89. The number of alkyl halides is 3. The molecular weight excluding hydrogens is 511 g/mol. The van der Waals surface area contributed by atoms with Crippen molar-refractivity contribution < 1.29 is 36.3 Å². The molecular formula is C22H21ClF3N3O5S. The molecule has 0 bridgehead atoms. The van der Waals surface area contributed by atoms with E-state index in [1.165, 1.54) is 18.0 Å². The minimum Gasteiger partial charge on any atom is -0.475 e. The van der Waals surface area contributed by atoms with Crippen molar-refractivity contribution in [1.82, 2.24) is 13.9 Å². The predicted octanol–water partition coefficient (Wildman–Crippen LogP) is 3.82. The van der Waals surface area contributed by atoms with Crippen LogP contribution in [0.15, 0.2) is 42.7 Å². The molecule has 0 fully saturated rings. The van der Waals surface area contributed by atoms with Crippen LogP contribution in [0.2, 0.25) is 5.02 Å². The lowest BCUT2D eigenvalue weighted by Gasteiger charge is -2.35. The molecule has 35 heavy (non-hydrogen) atoms. The summed E-state index contributed by atoms with van der Waals surface area (Å²) in [6.07, 6.45) is -0.213. The zero-order valence-corrected chi connectivity index (χ0v) is 20.2. The van der Waals surface area contributed by atoms with Crippen molar-refractivity contribution in [3.05, 3.63) is 64.4 Å². The number of fused-ring (bicyclic) bond motifs is 2. The molecule has 1 aliphatic heterocycles. The normalized spacial score (nSPS) is 15.8. The number of hydrogen-bond donors (Lipinski definition) is 1. The summed E-state index contributed by atoms with van der Waals surface area (Å²) in [7, 11) is -3.49. The Hall–Kier alpha value is -3.12. The molecule has 4 rings (SSSR count). The van der Waals surface area contributed by atoms with E-state index in [4.69, 9.17) is 21.5 Å². The maximum atomic E-state index is 13.1. The number of rotatable bonds is 3. The van der Waals surface area contributed by atoms with E-state index in [1.54, 1.807) is 6.07 Å². The standard InChI is InChI=1S/C20H20ClN3O3S.C2HF3O2/c1-13-15-6-4-3-5-14(15)7-9-23(13)19(25)11-17-16-8-10-24(28(2,26)27)20(16)22-12-18(17)21;3-2(4,5)1(6)7/h3-6,8,10,12-13H,7,9,11H2,1-2H3;(H,6,7)/t13-;/m0./s1. The predicted molar refractivity (Wildman–Crippen MR) is 123 cm³/mol. The molecule has 1 aliphatic rings. The number of aromatic nitrogens is 2. The van der Waals surface area contributed by atoms with Crippen LogP contribution >= 0.6 is 11.6 Å². The molecule has 1 aromatic carbocycles. The largest absolute Gasteiger partial charge is 0.490 e. The Balaban J connectivity index is 0.000000429. The van der Waals surface area contributed by atoms with Gasteiger partial charge in [-0.3, -0.25) is 4.79 Å². The Morgan fingerprint density at radius 2 is 1.86 bits per heavy atom. The molecule has 3 heterocycles. The van der Waals surface area contributed by atoms with Gasteiger partial charge in [0.25, 0.3) is 0 Å². The van der Waals surface area contributed by atoms with Crippen molar-refractivity contribution in [2.24, 2.45) is 0 Å². The summed E-state index contributed by atoms with van der Waals surface area (Å²) in [5, 5.41) is 8.06. The van der Waals surface area contributed by atoms with Gasteiger partial charge in [0.2, 0.25) is 15.9 Å². The van der Waals surface area contributed by atoms with Crippen molar-refractivity contribution in [2.45, 2.75) is 32.0 Å². The van der Waals surface area contributed by atoms with Crippen LogP contribution in [0, 0.1) is 0 Å². The van der Waals surface area contributed by atoms with Crippen molar-refractivity contribution in [3.8, 4) is 0 Å². The molecule has 13 heteroatoms. The first-order valence-corrected chi connectivity index (χ1v) is 12.5. The van der Waals surface area contributed by atoms with Gasteiger partial charge in [-0.1, -0.05) is 35.9 Å². The van der Waals surface area contributed by atoms with Gasteiger partial charge in [-0.25, -0.2) is 22.2 Å². The maximum absolute atomic E-state index is 13.1. The van der Waals surface area contributed by atoms with Crippen LogP contribution < -0.4 is 0 Å². The molecule has 0 aliphatic carbocycles. The number of hydrogen-bond acceptors (Lipinski definition) is 5. The Morgan fingerprint density at radius 3 is 2.46 bits per heavy atom. The lowest BCUT2D eigenvalue weighted by atomic mass is 9.93. The molecule has 1 N–H and O–H groups in total. The number of carboxylic acid groups (broad SMARTS) is 1. The highest BCUT2D eigenvalue weighted by atomic mass is 35.5. The summed E-state index contributed by atoms with van der Waals surface area (Å²) in [5.74, 6) is -2.80. The molecule has 0 saturated carbocycles. The fourth-order valence-electron chi connectivity index (χ4n) is 3.91. The lowest BCUT2D eigenvalue weighted by molar-refractivity contribution is -0.192. The van der Waals surface area contributed by atoms with Gasteiger partial charge in [0.15, 0.2) is 5.65 Å². The number of carboxylic acids is 1. The topological polar surface area (TPSA) is 110 Å². The fraction of sp³-hybridized carbons (Fsp3) is 0.318. The SMILES string of the molecule is C[C@H]1c2ccccc2CCN1C(=O)Cc1c(Cl)cnc2c1ccn2S(C)(=O)=O.O=C(O)C(F)(F)F. The molecule has 3 aromatic rings. The van der Waals surface area contributed by atoms with Crippen molar-refractivity contribution in [3.63, 3.8) is 0 Å². The molecule has 0 unspecified atom stereocenters. The second kappa shape index (κ2) is 9.86. The van der Waals surface area contributed by atoms with Crippen molar-refractivity contribution in [2.75, 3.05) is 12.8 Å². The monoisotopic (exact) mass is 531 g/mol. The van der Waals surface area contributed by atoms with Crippen LogP contribution in [-0.4, -0.2) is 58.2 Å². The molecule has 2 aromatic heterocycles. The molecule has 1 amide bonds. The van der Waals surface area contributed by atoms with Crippen LogP contribution in [0.4, 0.5) is 13.2 Å². The number of nitrogens with zero attached hydrogens (tertiary/aromatic N) is 3. The van der Waals surface area contributed by atoms with E-state index in [-0.39, 0.29) is 24.0 Å². The number of carbonyl (C=O) groups is 2. The highest BCUT2D eigenvalue weighted by Crippen LogP contribution is 2.32. The lowest BCUT2D eigenvalue weighted by Crippen LogP contribution is -2.39. The van der Waals surface area contributed by atoms with Gasteiger partial charge in [-0.15, -0.1) is 0 Å². The van der Waals surface area contributed by atoms with Gasteiger partial charge in [0, 0.05) is 24.3 Å². The summed E-state index contributed by atoms with van der Waals surface area (Å²) in [6, 6.07) is 9.79. The van der Waals surface area contributed by atoms with E-state index >= 15 is 0 Å².